The molecular weight excluding hydrogens is 363 g/mol. The number of imidazole rings is 1. The monoisotopic (exact) mass is 380 g/mol. The van der Waals surface area contributed by atoms with Crippen molar-refractivity contribution in [2.45, 2.75) is 6.42 Å². The third-order valence-electron chi connectivity index (χ3n) is 3.44. The summed E-state index contributed by atoms with van der Waals surface area (Å²) in [5, 5.41) is 8.43. The highest BCUT2D eigenvalue weighted by Crippen LogP contribution is 2.17. The van der Waals surface area contributed by atoms with Crippen molar-refractivity contribution >= 4 is 53.5 Å². The maximum absolute atomic E-state index is 10.9. The fourth-order valence-electron chi connectivity index (χ4n) is 2.31. The van der Waals surface area contributed by atoms with Crippen LogP contribution in [0, 0.1) is 0 Å². The summed E-state index contributed by atoms with van der Waals surface area (Å²) in [6.45, 7) is 0. The molecule has 0 bridgehead atoms. The van der Waals surface area contributed by atoms with Crippen molar-refractivity contribution in [2.75, 3.05) is 5.73 Å². The number of aromatic nitrogens is 2. The second-order valence-corrected chi connectivity index (χ2v) is 5.19. The number of aromatic amines is 1. The topological polar surface area (TPSA) is 104 Å². The highest BCUT2D eigenvalue weighted by molar-refractivity contribution is 5.90. The minimum Gasteiger partial charge on any atom is -0.399 e. The van der Waals surface area contributed by atoms with E-state index in [4.69, 9.17) is 10.9 Å². The van der Waals surface area contributed by atoms with Crippen molar-refractivity contribution < 1.29 is 10.0 Å². The van der Waals surface area contributed by atoms with Crippen LogP contribution in [0.3, 0.4) is 0 Å². The maximum Gasteiger partial charge on any atom is 0.267 e. The molecule has 3 aromatic rings. The summed E-state index contributed by atoms with van der Waals surface area (Å²) in [5.41, 5.74) is 11.8. The standard InChI is InChI=1S/C17H16N4O2.2ClH/c18-13-6-7-14-15(10-13)20-16(19-14)9-12-3-1-11(2-4-12)5-8-17(22)21-23;;/h1-8,10,23H,9,18H2,(H,19,20)(H,21,22);2*1H/b8-5+;;. The Kier molecular flexibility index (Phi) is 7.44. The number of benzene rings is 2. The van der Waals surface area contributed by atoms with E-state index in [1.54, 1.807) is 11.6 Å². The Morgan fingerprint density at radius 2 is 1.92 bits per heavy atom. The second-order valence-electron chi connectivity index (χ2n) is 5.19. The van der Waals surface area contributed by atoms with Crippen LogP contribution in [0.1, 0.15) is 17.0 Å². The number of hydrogen-bond acceptors (Lipinski definition) is 4. The Morgan fingerprint density at radius 3 is 2.60 bits per heavy atom. The van der Waals surface area contributed by atoms with Crippen LogP contribution in [-0.2, 0) is 11.2 Å². The number of hydroxylamine groups is 1. The molecule has 0 aliphatic rings. The van der Waals surface area contributed by atoms with Gasteiger partial charge in [0.2, 0.25) is 0 Å². The van der Waals surface area contributed by atoms with Gasteiger partial charge in [-0.15, -0.1) is 24.8 Å². The van der Waals surface area contributed by atoms with Crippen molar-refractivity contribution in [3.05, 3.63) is 65.5 Å². The van der Waals surface area contributed by atoms with E-state index in [9.17, 15) is 4.79 Å². The highest BCUT2D eigenvalue weighted by atomic mass is 35.5. The smallest absolute Gasteiger partial charge is 0.267 e. The number of nitrogens with zero attached hydrogens (tertiary/aromatic N) is 1. The molecule has 3 rings (SSSR count). The molecule has 2 aromatic carbocycles. The normalized spacial score (nSPS) is 10.3. The van der Waals surface area contributed by atoms with Gasteiger partial charge >= 0.3 is 0 Å². The summed E-state index contributed by atoms with van der Waals surface area (Å²) in [4.78, 5) is 18.7. The lowest BCUT2D eigenvalue weighted by Gasteiger charge is -1.99. The molecule has 0 radical (unpaired) electrons. The van der Waals surface area contributed by atoms with Crippen LogP contribution in [0.5, 0.6) is 0 Å². The molecule has 6 nitrogen and oxygen atoms in total. The van der Waals surface area contributed by atoms with E-state index in [1.807, 2.05) is 42.5 Å². The number of anilines is 1. The largest absolute Gasteiger partial charge is 0.399 e. The number of nitrogen functional groups attached to an aromatic ring is 1. The number of nitrogens with one attached hydrogen (secondary N) is 2. The van der Waals surface area contributed by atoms with Gasteiger partial charge in [0.25, 0.3) is 5.91 Å². The SMILES string of the molecule is Cl.Cl.Nc1ccc2nc(Cc3ccc(/C=C/C(=O)NO)cc3)[nH]c2c1. The average Bonchev–Trinajstić information content (AvgIpc) is 2.95. The fraction of sp³-hybridized carbons (Fsp3) is 0.0588. The first kappa shape index (κ1) is 20.5. The lowest BCUT2D eigenvalue weighted by atomic mass is 10.1. The Balaban J connectivity index is 0.00000156. The van der Waals surface area contributed by atoms with Crippen molar-refractivity contribution in [1.82, 2.24) is 15.4 Å². The Morgan fingerprint density at radius 1 is 1.20 bits per heavy atom. The van der Waals surface area contributed by atoms with Gasteiger partial charge in [0, 0.05) is 18.2 Å². The first-order valence-corrected chi connectivity index (χ1v) is 7.09. The summed E-state index contributed by atoms with van der Waals surface area (Å²) >= 11 is 0. The molecule has 0 spiro atoms. The van der Waals surface area contributed by atoms with Crippen LogP contribution >= 0.6 is 24.8 Å². The molecule has 0 aliphatic heterocycles. The summed E-state index contributed by atoms with van der Waals surface area (Å²) < 4.78 is 0. The number of carbonyl (C=O) groups is 1. The number of halogens is 2. The van der Waals surface area contributed by atoms with E-state index in [0.717, 1.165) is 28.0 Å². The van der Waals surface area contributed by atoms with Crippen molar-refractivity contribution in [2.24, 2.45) is 0 Å². The fourth-order valence-corrected chi connectivity index (χ4v) is 2.31. The van der Waals surface area contributed by atoms with Crippen LogP contribution in [0.15, 0.2) is 48.5 Å². The number of hydrogen-bond donors (Lipinski definition) is 4. The quantitative estimate of drug-likeness (QED) is 0.241. The predicted molar refractivity (Wildman–Crippen MR) is 103 cm³/mol. The number of nitrogens with two attached hydrogens (primary N) is 1. The minimum atomic E-state index is -0.560. The molecule has 5 N–H and O–H groups in total. The van der Waals surface area contributed by atoms with E-state index in [0.29, 0.717) is 12.1 Å². The average molecular weight is 381 g/mol. The van der Waals surface area contributed by atoms with E-state index >= 15 is 0 Å². The maximum atomic E-state index is 10.9. The van der Waals surface area contributed by atoms with E-state index in [2.05, 4.69) is 9.97 Å². The van der Waals surface area contributed by atoms with Gasteiger partial charge < -0.3 is 10.7 Å². The summed E-state index contributed by atoms with van der Waals surface area (Å²) in [6.07, 6.45) is 3.56. The number of fused-ring (bicyclic) bond motifs is 1. The number of H-pyrrole nitrogens is 1. The molecule has 0 fully saturated rings. The van der Waals surface area contributed by atoms with Gasteiger partial charge in [0.05, 0.1) is 11.0 Å². The first-order valence-electron chi connectivity index (χ1n) is 7.09. The molecule has 1 amide bonds. The molecule has 8 heteroatoms. The molecule has 132 valence electrons. The second kappa shape index (κ2) is 9.08. The summed E-state index contributed by atoms with van der Waals surface area (Å²) in [5.74, 6) is 0.309. The van der Waals surface area contributed by atoms with E-state index in [1.165, 1.54) is 6.08 Å². The van der Waals surface area contributed by atoms with Crippen molar-refractivity contribution in [3.8, 4) is 0 Å². The molecule has 0 saturated carbocycles. The third-order valence-corrected chi connectivity index (χ3v) is 3.44. The zero-order valence-electron chi connectivity index (χ0n) is 13.1. The molecule has 1 aromatic heterocycles. The molecule has 0 atom stereocenters. The van der Waals surface area contributed by atoms with Gasteiger partial charge in [-0.25, -0.2) is 10.5 Å². The lowest BCUT2D eigenvalue weighted by Crippen LogP contribution is -2.14. The Labute approximate surface area is 156 Å². The zero-order valence-corrected chi connectivity index (χ0v) is 14.7. The molecular formula is C17H18Cl2N4O2. The van der Waals surface area contributed by atoms with Crippen LogP contribution in [0.25, 0.3) is 17.1 Å². The van der Waals surface area contributed by atoms with Gasteiger partial charge in [0.1, 0.15) is 5.82 Å². The molecule has 1 heterocycles. The summed E-state index contributed by atoms with van der Waals surface area (Å²) in [7, 11) is 0. The van der Waals surface area contributed by atoms with Gasteiger partial charge in [-0.3, -0.25) is 10.0 Å². The predicted octanol–water partition coefficient (Wildman–Crippen LogP) is 3.10. The Bertz CT molecular complexity index is 876. The molecule has 0 saturated heterocycles. The zero-order chi connectivity index (χ0) is 16.2. The van der Waals surface area contributed by atoms with Crippen LogP contribution in [0.2, 0.25) is 0 Å². The van der Waals surface area contributed by atoms with E-state index in [-0.39, 0.29) is 24.8 Å². The number of amides is 1. The van der Waals surface area contributed by atoms with Crippen LogP contribution < -0.4 is 11.2 Å². The minimum absolute atomic E-state index is 0. The van der Waals surface area contributed by atoms with Crippen LogP contribution in [-0.4, -0.2) is 21.1 Å². The highest BCUT2D eigenvalue weighted by Gasteiger charge is 2.04. The van der Waals surface area contributed by atoms with Gasteiger partial charge in [-0.1, -0.05) is 24.3 Å². The van der Waals surface area contributed by atoms with Crippen molar-refractivity contribution in [3.63, 3.8) is 0 Å². The molecule has 25 heavy (non-hydrogen) atoms. The van der Waals surface area contributed by atoms with Crippen molar-refractivity contribution in [1.29, 1.82) is 0 Å². The van der Waals surface area contributed by atoms with E-state index < -0.39 is 5.91 Å². The summed E-state index contributed by atoms with van der Waals surface area (Å²) in [6, 6.07) is 13.3. The Hall–Kier alpha value is -2.54. The van der Waals surface area contributed by atoms with Gasteiger partial charge in [-0.05, 0) is 35.4 Å². The first-order chi connectivity index (χ1) is 11.1. The molecule has 0 unspecified atom stereocenters. The number of rotatable bonds is 4. The molecule has 0 aliphatic carbocycles. The van der Waals surface area contributed by atoms with Gasteiger partial charge in [0.15, 0.2) is 0 Å². The van der Waals surface area contributed by atoms with Crippen LogP contribution in [0.4, 0.5) is 5.69 Å². The lowest BCUT2D eigenvalue weighted by molar-refractivity contribution is -0.124. The van der Waals surface area contributed by atoms with Gasteiger partial charge in [-0.2, -0.15) is 0 Å². The number of carbonyl (C=O) groups excluding carboxylic acids is 1. The third kappa shape index (κ3) is 5.22.